The number of anilines is 1. The van der Waals surface area contributed by atoms with Gasteiger partial charge in [0.2, 0.25) is 0 Å². The molecule has 0 radical (unpaired) electrons. The van der Waals surface area contributed by atoms with Crippen LogP contribution in [0.5, 0.6) is 5.75 Å². The molecule has 1 atom stereocenters. The standard InChI is InChI=1S/C29H33N5O3/c1-20-6-11-27-22(15-20)16-23(28(31-27)33(2)18-24-12-13-30-32-24)17-34(19-26-5-4-14-37-26)29(35)21-7-9-25(36-3)10-8-21/h6-13,15-16,26H,4-5,14,17-19H2,1-3H3,(H,30,32). The zero-order valence-electron chi connectivity index (χ0n) is 21.6. The molecule has 192 valence electrons. The van der Waals surface area contributed by atoms with E-state index in [9.17, 15) is 4.79 Å². The molecule has 8 heteroatoms. The van der Waals surface area contributed by atoms with Crippen molar-refractivity contribution in [1.29, 1.82) is 0 Å². The number of amides is 1. The number of methoxy groups -OCH3 is 1. The minimum atomic E-state index is -0.0373. The number of pyridine rings is 1. The van der Waals surface area contributed by atoms with Crippen molar-refractivity contribution in [3.63, 3.8) is 0 Å². The fourth-order valence-corrected chi connectivity index (χ4v) is 4.85. The molecule has 0 saturated carbocycles. The predicted octanol–water partition coefficient (Wildman–Crippen LogP) is 4.73. The molecule has 5 rings (SSSR count). The number of ether oxygens (including phenoxy) is 2. The largest absolute Gasteiger partial charge is 0.497 e. The van der Waals surface area contributed by atoms with E-state index in [1.165, 1.54) is 5.56 Å². The number of hydrogen-bond acceptors (Lipinski definition) is 6. The van der Waals surface area contributed by atoms with Gasteiger partial charge in [-0.3, -0.25) is 9.89 Å². The molecule has 0 bridgehead atoms. The maximum Gasteiger partial charge on any atom is 0.254 e. The average Bonchev–Trinajstić information content (AvgIpc) is 3.62. The lowest BCUT2D eigenvalue weighted by Gasteiger charge is -2.28. The molecule has 1 aliphatic heterocycles. The molecule has 3 heterocycles. The van der Waals surface area contributed by atoms with Crippen LogP contribution in [0.25, 0.3) is 10.9 Å². The number of H-pyrrole nitrogens is 1. The first-order valence-corrected chi connectivity index (χ1v) is 12.6. The van der Waals surface area contributed by atoms with Gasteiger partial charge in [-0.25, -0.2) is 4.98 Å². The number of rotatable bonds is 9. The van der Waals surface area contributed by atoms with Crippen LogP contribution < -0.4 is 9.64 Å². The average molecular weight is 500 g/mol. The maximum absolute atomic E-state index is 13.8. The number of fused-ring (bicyclic) bond motifs is 1. The Morgan fingerprint density at radius 1 is 1.14 bits per heavy atom. The summed E-state index contributed by atoms with van der Waals surface area (Å²) in [5.41, 5.74) is 4.69. The second-order valence-electron chi connectivity index (χ2n) is 9.65. The van der Waals surface area contributed by atoms with Crippen LogP contribution >= 0.6 is 0 Å². The fourth-order valence-electron chi connectivity index (χ4n) is 4.85. The summed E-state index contributed by atoms with van der Waals surface area (Å²) in [5, 5.41) is 8.17. The molecule has 0 aliphatic carbocycles. The van der Waals surface area contributed by atoms with Gasteiger partial charge >= 0.3 is 0 Å². The molecular weight excluding hydrogens is 466 g/mol. The quantitative estimate of drug-likeness (QED) is 0.358. The normalized spacial score (nSPS) is 15.2. The topological polar surface area (TPSA) is 83.6 Å². The first-order chi connectivity index (χ1) is 18.0. The number of carbonyl (C=O) groups excluding carboxylic acids is 1. The van der Waals surface area contributed by atoms with Crippen molar-refractivity contribution < 1.29 is 14.3 Å². The molecule has 1 N–H and O–H groups in total. The van der Waals surface area contributed by atoms with Gasteiger partial charge in [0.15, 0.2) is 0 Å². The Morgan fingerprint density at radius 3 is 2.68 bits per heavy atom. The van der Waals surface area contributed by atoms with Crippen molar-refractivity contribution in [3.8, 4) is 5.75 Å². The smallest absolute Gasteiger partial charge is 0.254 e. The van der Waals surface area contributed by atoms with E-state index in [4.69, 9.17) is 14.5 Å². The van der Waals surface area contributed by atoms with Gasteiger partial charge in [-0.15, -0.1) is 0 Å². The summed E-state index contributed by atoms with van der Waals surface area (Å²) in [7, 11) is 3.64. The zero-order chi connectivity index (χ0) is 25.8. The van der Waals surface area contributed by atoms with Gasteiger partial charge in [0, 0.05) is 49.5 Å². The summed E-state index contributed by atoms with van der Waals surface area (Å²) in [6.07, 6.45) is 3.75. The van der Waals surface area contributed by atoms with Crippen molar-refractivity contribution in [2.24, 2.45) is 0 Å². The summed E-state index contributed by atoms with van der Waals surface area (Å²) in [4.78, 5) is 22.8. The highest BCUT2D eigenvalue weighted by Crippen LogP contribution is 2.28. The third kappa shape index (κ3) is 5.75. The Labute approximate surface area is 217 Å². The Kier molecular flexibility index (Phi) is 7.37. The molecule has 0 spiro atoms. The summed E-state index contributed by atoms with van der Waals surface area (Å²) in [6.45, 7) is 4.39. The first kappa shape index (κ1) is 24.8. The number of benzene rings is 2. The second kappa shape index (κ2) is 11.0. The van der Waals surface area contributed by atoms with Gasteiger partial charge in [0.05, 0.1) is 31.0 Å². The van der Waals surface area contributed by atoms with Crippen molar-refractivity contribution >= 4 is 22.6 Å². The third-order valence-electron chi connectivity index (χ3n) is 6.79. The minimum absolute atomic E-state index is 0.0315. The molecule has 4 aromatic rings. The van der Waals surface area contributed by atoms with Crippen molar-refractivity contribution in [3.05, 3.63) is 83.2 Å². The van der Waals surface area contributed by atoms with E-state index >= 15 is 0 Å². The van der Waals surface area contributed by atoms with E-state index in [1.807, 2.05) is 42.3 Å². The molecule has 2 aromatic heterocycles. The van der Waals surface area contributed by atoms with Gasteiger partial charge in [-0.05, 0) is 68.3 Å². The Hall–Kier alpha value is -3.91. The number of aromatic nitrogens is 3. The highest BCUT2D eigenvalue weighted by Gasteiger charge is 2.25. The van der Waals surface area contributed by atoms with E-state index in [0.717, 1.165) is 53.2 Å². The van der Waals surface area contributed by atoms with E-state index in [0.29, 0.717) is 25.2 Å². The number of hydrogen-bond donors (Lipinski definition) is 1. The molecule has 1 aliphatic rings. The van der Waals surface area contributed by atoms with Gasteiger partial charge in [-0.2, -0.15) is 5.10 Å². The lowest BCUT2D eigenvalue weighted by Crippen LogP contribution is -2.37. The maximum atomic E-state index is 13.8. The van der Waals surface area contributed by atoms with Crippen LogP contribution in [0, 0.1) is 6.92 Å². The molecule has 1 unspecified atom stereocenters. The highest BCUT2D eigenvalue weighted by molar-refractivity contribution is 5.94. The van der Waals surface area contributed by atoms with Crippen molar-refractivity contribution in [1.82, 2.24) is 20.1 Å². The monoisotopic (exact) mass is 499 g/mol. The molecule has 37 heavy (non-hydrogen) atoms. The summed E-state index contributed by atoms with van der Waals surface area (Å²) < 4.78 is 11.2. The van der Waals surface area contributed by atoms with Gasteiger partial charge in [-0.1, -0.05) is 11.6 Å². The fraction of sp³-hybridized carbons (Fsp3) is 0.345. The van der Waals surface area contributed by atoms with E-state index < -0.39 is 0 Å². The van der Waals surface area contributed by atoms with Crippen LogP contribution in [0.15, 0.2) is 60.8 Å². The molecule has 1 fully saturated rings. The lowest BCUT2D eigenvalue weighted by atomic mass is 10.1. The van der Waals surface area contributed by atoms with E-state index in [-0.39, 0.29) is 12.0 Å². The SMILES string of the molecule is COc1ccc(C(=O)N(Cc2cc3cc(C)ccc3nc2N(C)Cc2ccn[nH]2)CC2CCCO2)cc1. The third-order valence-corrected chi connectivity index (χ3v) is 6.79. The van der Waals surface area contributed by atoms with Crippen LogP contribution in [-0.2, 0) is 17.8 Å². The van der Waals surface area contributed by atoms with Gasteiger partial charge in [0.1, 0.15) is 11.6 Å². The van der Waals surface area contributed by atoms with Crippen molar-refractivity contribution in [2.75, 3.05) is 32.2 Å². The first-order valence-electron chi connectivity index (χ1n) is 12.6. The van der Waals surface area contributed by atoms with Crippen molar-refractivity contribution in [2.45, 2.75) is 39.0 Å². The number of nitrogens with one attached hydrogen (secondary N) is 1. The summed E-state index contributed by atoms with van der Waals surface area (Å²) in [6, 6.07) is 17.7. The minimum Gasteiger partial charge on any atom is -0.497 e. The number of aryl methyl sites for hydroxylation is 1. The van der Waals surface area contributed by atoms with Crippen LogP contribution in [0.4, 0.5) is 5.82 Å². The summed E-state index contributed by atoms with van der Waals surface area (Å²) in [5.74, 6) is 1.52. The number of aromatic amines is 1. The molecule has 8 nitrogen and oxygen atoms in total. The predicted molar refractivity (Wildman–Crippen MR) is 144 cm³/mol. The molecule has 1 amide bonds. The van der Waals surface area contributed by atoms with Crippen LogP contribution in [-0.4, -0.2) is 59.4 Å². The highest BCUT2D eigenvalue weighted by atomic mass is 16.5. The van der Waals surface area contributed by atoms with E-state index in [1.54, 1.807) is 13.3 Å². The Balaban J connectivity index is 1.51. The van der Waals surface area contributed by atoms with Gasteiger partial charge in [0.25, 0.3) is 5.91 Å². The zero-order valence-corrected chi connectivity index (χ0v) is 21.6. The number of nitrogens with zero attached hydrogens (tertiary/aromatic N) is 4. The lowest BCUT2D eigenvalue weighted by molar-refractivity contribution is 0.0507. The van der Waals surface area contributed by atoms with Gasteiger partial charge < -0.3 is 19.3 Å². The summed E-state index contributed by atoms with van der Waals surface area (Å²) >= 11 is 0. The molecule has 2 aromatic carbocycles. The Morgan fingerprint density at radius 2 is 1.97 bits per heavy atom. The van der Waals surface area contributed by atoms with Crippen LogP contribution in [0.2, 0.25) is 0 Å². The molecular formula is C29H33N5O3. The molecule has 1 saturated heterocycles. The Bertz CT molecular complexity index is 1350. The van der Waals surface area contributed by atoms with E-state index in [2.05, 4.69) is 46.3 Å². The second-order valence-corrected chi connectivity index (χ2v) is 9.65. The van der Waals surface area contributed by atoms with Crippen LogP contribution in [0.1, 0.15) is 40.0 Å². The number of carbonyl (C=O) groups is 1. The van der Waals surface area contributed by atoms with Crippen LogP contribution in [0.3, 0.4) is 0 Å².